The topological polar surface area (TPSA) is 50.8 Å². The number of likely N-dealkylation sites (tertiary alicyclic amines) is 1. The van der Waals surface area contributed by atoms with E-state index in [2.05, 4.69) is 5.32 Å². The van der Waals surface area contributed by atoms with Gasteiger partial charge in [-0.2, -0.15) is 0 Å². The number of carbonyl (C=O) groups excluding carboxylic acids is 1. The van der Waals surface area contributed by atoms with Crippen molar-refractivity contribution in [3.63, 3.8) is 0 Å². The summed E-state index contributed by atoms with van der Waals surface area (Å²) in [5, 5.41) is 2.45. The second kappa shape index (κ2) is 5.57. The Balaban J connectivity index is 1.59. The first kappa shape index (κ1) is 14.2. The fourth-order valence-electron chi connectivity index (χ4n) is 2.62. The molecule has 2 heterocycles. The molecule has 2 aliphatic rings. The van der Waals surface area contributed by atoms with E-state index in [-0.39, 0.29) is 5.69 Å². The van der Waals surface area contributed by atoms with Gasteiger partial charge in [0.1, 0.15) is 11.6 Å². The van der Waals surface area contributed by atoms with Crippen molar-refractivity contribution in [2.75, 3.05) is 31.6 Å². The lowest BCUT2D eigenvalue weighted by molar-refractivity contribution is -0.181. The number of urea groups is 1. The first-order chi connectivity index (χ1) is 10.1. The van der Waals surface area contributed by atoms with Crippen molar-refractivity contribution in [2.24, 2.45) is 0 Å². The van der Waals surface area contributed by atoms with Gasteiger partial charge in [0.25, 0.3) is 0 Å². The quantitative estimate of drug-likeness (QED) is 0.866. The van der Waals surface area contributed by atoms with Crippen LogP contribution in [0.3, 0.4) is 0 Å². The maximum atomic E-state index is 13.5. The van der Waals surface area contributed by atoms with Crippen molar-refractivity contribution >= 4 is 11.7 Å². The molecule has 1 aromatic carbocycles. The fourth-order valence-corrected chi connectivity index (χ4v) is 2.62. The van der Waals surface area contributed by atoms with Crippen LogP contribution in [0.25, 0.3) is 0 Å². The number of rotatable bonds is 1. The summed E-state index contributed by atoms with van der Waals surface area (Å²) in [5.41, 5.74) is -0.0324. The monoisotopic (exact) mass is 298 g/mol. The predicted octanol–water partition coefficient (Wildman–Crippen LogP) is 2.34. The zero-order chi connectivity index (χ0) is 14.9. The molecule has 2 saturated heterocycles. The van der Waals surface area contributed by atoms with Gasteiger partial charge in [-0.1, -0.05) is 0 Å². The molecule has 1 aromatic rings. The summed E-state index contributed by atoms with van der Waals surface area (Å²) >= 11 is 0. The van der Waals surface area contributed by atoms with Gasteiger partial charge in [0, 0.05) is 32.0 Å². The Morgan fingerprint density at radius 2 is 1.86 bits per heavy atom. The Labute approximate surface area is 120 Å². The number of hydrogen-bond acceptors (Lipinski definition) is 3. The highest BCUT2D eigenvalue weighted by Crippen LogP contribution is 2.31. The van der Waals surface area contributed by atoms with Gasteiger partial charge in [-0.15, -0.1) is 0 Å². The van der Waals surface area contributed by atoms with Gasteiger partial charge >= 0.3 is 6.03 Å². The third-order valence-corrected chi connectivity index (χ3v) is 3.80. The maximum Gasteiger partial charge on any atom is 0.321 e. The van der Waals surface area contributed by atoms with Gasteiger partial charge in [0.05, 0.1) is 18.9 Å². The molecule has 0 saturated carbocycles. The van der Waals surface area contributed by atoms with E-state index in [1.807, 2.05) is 0 Å². The lowest BCUT2D eigenvalue weighted by atomic mass is 10.0. The zero-order valence-corrected chi connectivity index (χ0v) is 11.4. The summed E-state index contributed by atoms with van der Waals surface area (Å²) < 4.78 is 37.5. The molecule has 0 atom stereocenters. The second-order valence-electron chi connectivity index (χ2n) is 5.15. The fraction of sp³-hybridized carbons (Fsp3) is 0.500. The number of carbonyl (C=O) groups is 1. The van der Waals surface area contributed by atoms with Gasteiger partial charge in [-0.3, -0.25) is 0 Å². The van der Waals surface area contributed by atoms with Crippen LogP contribution in [-0.4, -0.2) is 43.0 Å². The smallest absolute Gasteiger partial charge is 0.321 e. The van der Waals surface area contributed by atoms with Crippen LogP contribution in [-0.2, 0) is 9.47 Å². The van der Waals surface area contributed by atoms with Crippen LogP contribution in [0, 0.1) is 11.6 Å². The Kier molecular flexibility index (Phi) is 3.77. The molecule has 7 heteroatoms. The van der Waals surface area contributed by atoms with Crippen LogP contribution in [0.2, 0.25) is 0 Å². The lowest BCUT2D eigenvalue weighted by Gasteiger charge is -2.37. The highest BCUT2D eigenvalue weighted by atomic mass is 19.1. The van der Waals surface area contributed by atoms with Crippen LogP contribution in [0.4, 0.5) is 19.3 Å². The minimum absolute atomic E-state index is 0.0324. The number of anilines is 1. The van der Waals surface area contributed by atoms with E-state index in [4.69, 9.17) is 9.47 Å². The highest BCUT2D eigenvalue weighted by Gasteiger charge is 2.40. The second-order valence-corrected chi connectivity index (χ2v) is 5.15. The minimum atomic E-state index is -0.792. The SMILES string of the molecule is O=C(Nc1ccc(F)cc1F)N1CCC2(CC1)OCCO2. The number of nitrogens with one attached hydrogen (secondary N) is 1. The third-order valence-electron chi connectivity index (χ3n) is 3.80. The molecule has 1 N–H and O–H groups in total. The van der Waals surface area contributed by atoms with Crippen LogP contribution in [0.15, 0.2) is 18.2 Å². The molecule has 2 fully saturated rings. The average Bonchev–Trinajstić information content (AvgIpc) is 2.91. The summed E-state index contributed by atoms with van der Waals surface area (Å²) in [7, 11) is 0. The molecular weight excluding hydrogens is 282 g/mol. The average molecular weight is 298 g/mol. The molecule has 21 heavy (non-hydrogen) atoms. The number of amides is 2. The predicted molar refractivity (Wildman–Crippen MR) is 70.8 cm³/mol. The molecular formula is C14H16F2N2O3. The first-order valence-electron chi connectivity index (χ1n) is 6.87. The molecule has 0 bridgehead atoms. The van der Waals surface area contributed by atoms with E-state index >= 15 is 0 Å². The van der Waals surface area contributed by atoms with Crippen molar-refractivity contribution < 1.29 is 23.0 Å². The number of halogens is 2. The molecule has 0 radical (unpaired) electrons. The third kappa shape index (κ3) is 2.98. The number of piperidine rings is 1. The number of nitrogens with zero attached hydrogens (tertiary/aromatic N) is 1. The molecule has 0 unspecified atom stereocenters. The van der Waals surface area contributed by atoms with Crippen molar-refractivity contribution in [2.45, 2.75) is 18.6 Å². The van der Waals surface area contributed by atoms with Gasteiger partial charge in [0.2, 0.25) is 0 Å². The van der Waals surface area contributed by atoms with Crippen LogP contribution in [0.1, 0.15) is 12.8 Å². The van der Waals surface area contributed by atoms with E-state index in [9.17, 15) is 13.6 Å². The summed E-state index contributed by atoms with van der Waals surface area (Å²) in [5.74, 6) is -2.03. The summed E-state index contributed by atoms with van der Waals surface area (Å²) in [6.45, 7) is 2.09. The van der Waals surface area contributed by atoms with E-state index < -0.39 is 23.5 Å². The molecule has 0 aliphatic carbocycles. The van der Waals surface area contributed by atoms with E-state index in [1.165, 1.54) is 6.07 Å². The molecule has 114 valence electrons. The first-order valence-corrected chi connectivity index (χ1v) is 6.87. The van der Waals surface area contributed by atoms with E-state index in [0.29, 0.717) is 39.1 Å². The van der Waals surface area contributed by atoms with E-state index in [0.717, 1.165) is 12.1 Å². The number of benzene rings is 1. The Morgan fingerprint density at radius 1 is 1.19 bits per heavy atom. The number of ether oxygens (including phenoxy) is 2. The van der Waals surface area contributed by atoms with E-state index in [1.54, 1.807) is 4.90 Å². The molecule has 5 nitrogen and oxygen atoms in total. The van der Waals surface area contributed by atoms with Crippen molar-refractivity contribution in [1.82, 2.24) is 4.90 Å². The maximum absolute atomic E-state index is 13.5. The molecule has 2 aliphatic heterocycles. The lowest BCUT2D eigenvalue weighted by Crippen LogP contribution is -2.48. The Morgan fingerprint density at radius 3 is 2.48 bits per heavy atom. The summed E-state index contributed by atoms with van der Waals surface area (Å²) in [6.07, 6.45) is 1.18. The molecule has 3 rings (SSSR count). The van der Waals surface area contributed by atoms with Gasteiger partial charge in [-0.05, 0) is 12.1 Å². The highest BCUT2D eigenvalue weighted by molar-refractivity contribution is 5.89. The normalized spacial score (nSPS) is 20.8. The summed E-state index contributed by atoms with van der Waals surface area (Å²) in [6, 6.07) is 2.64. The van der Waals surface area contributed by atoms with Crippen LogP contribution < -0.4 is 5.32 Å². The standard InChI is InChI=1S/C14H16F2N2O3/c15-10-1-2-12(11(16)9-10)17-13(19)18-5-3-14(4-6-18)20-7-8-21-14/h1-2,9H,3-8H2,(H,17,19). The molecule has 0 aromatic heterocycles. The van der Waals surface area contributed by atoms with Crippen molar-refractivity contribution in [3.8, 4) is 0 Å². The Hall–Kier alpha value is -1.73. The molecule has 1 spiro atoms. The van der Waals surface area contributed by atoms with Gasteiger partial charge in [0.15, 0.2) is 5.79 Å². The minimum Gasteiger partial charge on any atom is -0.347 e. The van der Waals surface area contributed by atoms with Gasteiger partial charge < -0.3 is 19.7 Å². The zero-order valence-electron chi connectivity index (χ0n) is 11.4. The van der Waals surface area contributed by atoms with Crippen LogP contribution >= 0.6 is 0 Å². The Bertz CT molecular complexity index is 537. The van der Waals surface area contributed by atoms with Crippen molar-refractivity contribution in [3.05, 3.63) is 29.8 Å². The number of hydrogen-bond donors (Lipinski definition) is 1. The largest absolute Gasteiger partial charge is 0.347 e. The summed E-state index contributed by atoms with van der Waals surface area (Å²) in [4.78, 5) is 13.6. The van der Waals surface area contributed by atoms with Crippen molar-refractivity contribution in [1.29, 1.82) is 0 Å². The van der Waals surface area contributed by atoms with Gasteiger partial charge in [-0.25, -0.2) is 13.6 Å². The molecule has 2 amide bonds. The van der Waals surface area contributed by atoms with Crippen LogP contribution in [0.5, 0.6) is 0 Å².